The van der Waals surface area contributed by atoms with Gasteiger partial charge in [0.05, 0.1) is 3.79 Å². The lowest BCUT2D eigenvalue weighted by atomic mass is 10.1. The van der Waals surface area contributed by atoms with E-state index in [0.29, 0.717) is 10.1 Å². The zero-order valence-corrected chi connectivity index (χ0v) is 13.8. The highest BCUT2D eigenvalue weighted by molar-refractivity contribution is 9.11. The van der Waals surface area contributed by atoms with Crippen molar-refractivity contribution >= 4 is 48.9 Å². The van der Waals surface area contributed by atoms with Gasteiger partial charge in [0.1, 0.15) is 4.21 Å². The van der Waals surface area contributed by atoms with E-state index in [1.54, 1.807) is 6.07 Å². The number of thiophene rings is 1. The minimum atomic E-state index is -3.44. The molecule has 1 N–H and O–H groups in total. The van der Waals surface area contributed by atoms with Gasteiger partial charge in [0.2, 0.25) is 10.0 Å². The maximum absolute atomic E-state index is 12.1. The summed E-state index contributed by atoms with van der Waals surface area (Å²) in [4.78, 5) is 0. The van der Waals surface area contributed by atoms with Crippen molar-refractivity contribution in [2.75, 3.05) is 5.88 Å². The van der Waals surface area contributed by atoms with Crippen molar-refractivity contribution in [2.24, 2.45) is 5.92 Å². The molecular weight excluding hydrogens is 346 g/mol. The summed E-state index contributed by atoms with van der Waals surface area (Å²) in [5, 5.41) is 0. The van der Waals surface area contributed by atoms with Crippen LogP contribution in [0.4, 0.5) is 0 Å². The maximum atomic E-state index is 12.1. The molecule has 0 aliphatic rings. The minimum absolute atomic E-state index is 0.0935. The average Bonchev–Trinajstić information content (AvgIpc) is 2.58. The Labute approximate surface area is 120 Å². The van der Waals surface area contributed by atoms with Crippen molar-refractivity contribution in [3.63, 3.8) is 0 Å². The molecule has 98 valence electrons. The Morgan fingerprint density at radius 3 is 2.53 bits per heavy atom. The van der Waals surface area contributed by atoms with Crippen molar-refractivity contribution in [3.8, 4) is 0 Å². The summed E-state index contributed by atoms with van der Waals surface area (Å²) in [7, 11) is -3.44. The fraction of sp³-hybridized carbons (Fsp3) is 0.600. The molecule has 0 spiro atoms. The van der Waals surface area contributed by atoms with Gasteiger partial charge in [-0.1, -0.05) is 6.92 Å². The molecule has 17 heavy (non-hydrogen) atoms. The maximum Gasteiger partial charge on any atom is 0.250 e. The van der Waals surface area contributed by atoms with Crippen molar-refractivity contribution in [1.29, 1.82) is 0 Å². The molecule has 0 aliphatic heterocycles. The van der Waals surface area contributed by atoms with Crippen LogP contribution >= 0.6 is 38.9 Å². The molecular formula is C10H15BrClNO2S2. The van der Waals surface area contributed by atoms with Crippen LogP contribution in [0.25, 0.3) is 0 Å². The SMILES string of the molecule is Cc1cc(S(=O)(=O)NC(C)C(C)CCl)sc1Br. The molecule has 2 atom stereocenters. The summed E-state index contributed by atoms with van der Waals surface area (Å²) in [5.41, 5.74) is 0.924. The quantitative estimate of drug-likeness (QED) is 0.818. The molecule has 0 radical (unpaired) electrons. The molecule has 1 rings (SSSR count). The van der Waals surface area contributed by atoms with Crippen molar-refractivity contribution in [1.82, 2.24) is 4.72 Å². The predicted octanol–water partition coefficient (Wildman–Crippen LogP) is 3.36. The highest BCUT2D eigenvalue weighted by atomic mass is 79.9. The summed E-state index contributed by atoms with van der Waals surface area (Å²) in [6.07, 6.45) is 0. The van der Waals surface area contributed by atoms with Crippen LogP contribution < -0.4 is 4.72 Å². The van der Waals surface area contributed by atoms with Gasteiger partial charge in [0, 0.05) is 11.9 Å². The van der Waals surface area contributed by atoms with Crippen LogP contribution in [0.1, 0.15) is 19.4 Å². The third kappa shape index (κ3) is 3.92. The van der Waals surface area contributed by atoms with Gasteiger partial charge >= 0.3 is 0 Å². The van der Waals surface area contributed by atoms with Crippen LogP contribution in [0.5, 0.6) is 0 Å². The lowest BCUT2D eigenvalue weighted by Gasteiger charge is -2.18. The molecule has 0 aromatic carbocycles. The summed E-state index contributed by atoms with van der Waals surface area (Å²) in [6.45, 7) is 5.60. The van der Waals surface area contributed by atoms with E-state index in [0.717, 1.165) is 9.35 Å². The fourth-order valence-corrected chi connectivity index (χ4v) is 4.98. The molecule has 0 bridgehead atoms. The standard InChI is InChI=1S/C10H15BrClNO2S2/c1-6-4-9(16-10(6)11)17(14,15)13-8(3)7(2)5-12/h4,7-8,13H,5H2,1-3H3. The van der Waals surface area contributed by atoms with Gasteiger partial charge in [-0.05, 0) is 47.3 Å². The Hall–Kier alpha value is 0.380. The van der Waals surface area contributed by atoms with E-state index in [-0.39, 0.29) is 12.0 Å². The minimum Gasteiger partial charge on any atom is -0.207 e. The van der Waals surface area contributed by atoms with Crippen molar-refractivity contribution in [2.45, 2.75) is 31.0 Å². The monoisotopic (exact) mass is 359 g/mol. The van der Waals surface area contributed by atoms with E-state index < -0.39 is 10.0 Å². The second-order valence-corrected chi connectivity index (χ2v) is 8.68. The third-order valence-corrected chi connectivity index (χ3v) is 7.19. The predicted molar refractivity (Wildman–Crippen MR) is 76.4 cm³/mol. The molecule has 1 heterocycles. The molecule has 1 aromatic heterocycles. The molecule has 7 heteroatoms. The smallest absolute Gasteiger partial charge is 0.207 e. The Morgan fingerprint density at radius 2 is 2.12 bits per heavy atom. The van der Waals surface area contributed by atoms with Crippen LogP contribution in [0.15, 0.2) is 14.1 Å². The fourth-order valence-electron chi connectivity index (χ4n) is 1.12. The van der Waals surface area contributed by atoms with E-state index in [1.807, 2.05) is 20.8 Å². The molecule has 0 saturated carbocycles. The summed E-state index contributed by atoms with van der Waals surface area (Å²) >= 11 is 10.2. The lowest BCUT2D eigenvalue weighted by molar-refractivity contribution is 0.481. The molecule has 0 amide bonds. The van der Waals surface area contributed by atoms with Gasteiger partial charge in [0.25, 0.3) is 0 Å². The number of hydrogen-bond donors (Lipinski definition) is 1. The Kier molecular flexibility index (Phi) is 5.46. The van der Waals surface area contributed by atoms with Crippen molar-refractivity contribution < 1.29 is 8.42 Å². The Balaban J connectivity index is 2.89. The van der Waals surface area contributed by atoms with Crippen LogP contribution in [-0.2, 0) is 10.0 Å². The number of aryl methyl sites for hydroxylation is 1. The first-order valence-electron chi connectivity index (χ1n) is 5.12. The van der Waals surface area contributed by atoms with Crippen LogP contribution in [0.2, 0.25) is 0 Å². The summed E-state index contributed by atoms with van der Waals surface area (Å²) < 4.78 is 27.9. The number of rotatable bonds is 5. The number of halogens is 2. The largest absolute Gasteiger partial charge is 0.250 e. The molecule has 3 nitrogen and oxygen atoms in total. The van der Waals surface area contributed by atoms with Crippen LogP contribution in [0.3, 0.4) is 0 Å². The first-order valence-corrected chi connectivity index (χ1v) is 8.75. The number of hydrogen-bond acceptors (Lipinski definition) is 3. The van der Waals surface area contributed by atoms with Gasteiger partial charge in [-0.3, -0.25) is 0 Å². The zero-order chi connectivity index (χ0) is 13.2. The van der Waals surface area contributed by atoms with E-state index in [2.05, 4.69) is 20.7 Å². The second kappa shape index (κ2) is 6.02. The number of nitrogens with one attached hydrogen (secondary N) is 1. The van der Waals surface area contributed by atoms with E-state index in [1.165, 1.54) is 11.3 Å². The normalized spacial score (nSPS) is 15.8. The van der Waals surface area contributed by atoms with Gasteiger partial charge in [-0.2, -0.15) is 0 Å². The first-order chi connectivity index (χ1) is 7.77. The zero-order valence-electron chi connectivity index (χ0n) is 9.83. The molecule has 0 fully saturated rings. The summed E-state index contributed by atoms with van der Waals surface area (Å²) in [5.74, 6) is 0.521. The lowest BCUT2D eigenvalue weighted by Crippen LogP contribution is -2.37. The van der Waals surface area contributed by atoms with E-state index in [9.17, 15) is 8.42 Å². The molecule has 2 unspecified atom stereocenters. The second-order valence-electron chi connectivity index (χ2n) is 4.06. The van der Waals surface area contributed by atoms with Gasteiger partial charge in [-0.25, -0.2) is 13.1 Å². The molecule has 0 saturated heterocycles. The highest BCUT2D eigenvalue weighted by Gasteiger charge is 2.23. The number of sulfonamides is 1. The van der Waals surface area contributed by atoms with Crippen LogP contribution in [0, 0.1) is 12.8 Å². The highest BCUT2D eigenvalue weighted by Crippen LogP contribution is 2.30. The van der Waals surface area contributed by atoms with Gasteiger partial charge < -0.3 is 0 Å². The van der Waals surface area contributed by atoms with E-state index >= 15 is 0 Å². The van der Waals surface area contributed by atoms with Crippen LogP contribution in [-0.4, -0.2) is 20.3 Å². The Morgan fingerprint density at radius 1 is 1.53 bits per heavy atom. The summed E-state index contributed by atoms with van der Waals surface area (Å²) in [6, 6.07) is 1.48. The first kappa shape index (κ1) is 15.4. The van der Waals surface area contributed by atoms with Gasteiger partial charge in [0.15, 0.2) is 0 Å². The third-order valence-electron chi connectivity index (χ3n) is 2.54. The van der Waals surface area contributed by atoms with Gasteiger partial charge in [-0.15, -0.1) is 22.9 Å². The van der Waals surface area contributed by atoms with Crippen molar-refractivity contribution in [3.05, 3.63) is 15.4 Å². The molecule has 1 aromatic rings. The topological polar surface area (TPSA) is 46.2 Å². The Bertz CT molecular complexity index is 467. The number of alkyl halides is 1. The molecule has 0 aliphatic carbocycles. The average molecular weight is 361 g/mol. The van der Waals surface area contributed by atoms with E-state index in [4.69, 9.17) is 11.6 Å².